The Morgan fingerprint density at radius 3 is 2.44 bits per heavy atom. The summed E-state index contributed by atoms with van der Waals surface area (Å²) in [6.07, 6.45) is 1.44. The molecule has 0 aliphatic carbocycles. The molecule has 1 aromatic carbocycles. The lowest BCUT2D eigenvalue weighted by Crippen LogP contribution is -2.07. The topological polar surface area (TPSA) is 31.6 Å². The first-order chi connectivity index (χ1) is 8.72. The van der Waals surface area contributed by atoms with E-state index in [-0.39, 0.29) is 13.2 Å². The van der Waals surface area contributed by atoms with E-state index in [2.05, 4.69) is 0 Å². The average molecular weight is 254 g/mol. The largest absolute Gasteiger partial charge is 0.485 e. The normalized spacial score (nSPS) is 10.6. The first-order valence-corrected chi connectivity index (χ1v) is 5.37. The predicted octanol–water partition coefficient (Wildman–Crippen LogP) is 3.25. The third-order valence-electron chi connectivity index (χ3n) is 2.34. The van der Waals surface area contributed by atoms with Crippen molar-refractivity contribution in [2.24, 2.45) is 0 Å². The van der Waals surface area contributed by atoms with Crippen molar-refractivity contribution in [1.82, 2.24) is 0 Å². The molecule has 0 aliphatic rings. The van der Waals surface area contributed by atoms with E-state index in [1.807, 2.05) is 0 Å². The van der Waals surface area contributed by atoms with Crippen LogP contribution in [-0.2, 0) is 4.74 Å². The summed E-state index contributed by atoms with van der Waals surface area (Å²) >= 11 is 0. The van der Waals surface area contributed by atoms with Crippen LogP contribution in [-0.4, -0.2) is 20.3 Å². The third kappa shape index (κ3) is 2.68. The number of hydrogen-bond donors (Lipinski definition) is 0. The number of rotatable bonds is 5. The van der Waals surface area contributed by atoms with Crippen molar-refractivity contribution < 1.29 is 22.7 Å². The number of hydrogen-bond acceptors (Lipinski definition) is 3. The van der Waals surface area contributed by atoms with Gasteiger partial charge in [0.1, 0.15) is 12.4 Å². The van der Waals surface area contributed by atoms with E-state index in [0.717, 1.165) is 0 Å². The molecule has 0 unspecified atom stereocenters. The molecule has 1 aromatic heterocycles. The van der Waals surface area contributed by atoms with Gasteiger partial charge in [0, 0.05) is 12.7 Å². The van der Waals surface area contributed by atoms with E-state index in [4.69, 9.17) is 13.9 Å². The van der Waals surface area contributed by atoms with Crippen LogP contribution < -0.4 is 4.74 Å². The van der Waals surface area contributed by atoms with E-state index in [0.29, 0.717) is 11.3 Å². The summed E-state index contributed by atoms with van der Waals surface area (Å²) in [4.78, 5) is 0. The van der Waals surface area contributed by atoms with Crippen molar-refractivity contribution in [3.63, 3.8) is 0 Å². The van der Waals surface area contributed by atoms with Crippen molar-refractivity contribution >= 4 is 0 Å². The van der Waals surface area contributed by atoms with Crippen molar-refractivity contribution in [3.8, 4) is 17.1 Å². The Hall–Kier alpha value is -1.88. The van der Waals surface area contributed by atoms with Crippen LogP contribution in [0.5, 0.6) is 5.75 Å². The average Bonchev–Trinajstić information content (AvgIpc) is 2.86. The zero-order chi connectivity index (χ0) is 13.0. The Balaban J connectivity index is 2.24. The highest BCUT2D eigenvalue weighted by molar-refractivity contribution is 5.59. The van der Waals surface area contributed by atoms with Crippen LogP contribution in [0.2, 0.25) is 0 Å². The summed E-state index contributed by atoms with van der Waals surface area (Å²) in [5.74, 6) is -1.53. The Morgan fingerprint density at radius 1 is 1.17 bits per heavy atom. The summed E-state index contributed by atoms with van der Waals surface area (Å²) in [7, 11) is 1.48. The summed E-state index contributed by atoms with van der Waals surface area (Å²) in [5, 5.41) is 0. The molecule has 0 amide bonds. The molecule has 0 saturated carbocycles. The fraction of sp³-hybridized carbons (Fsp3) is 0.231. The lowest BCUT2D eigenvalue weighted by molar-refractivity contribution is 0.141. The van der Waals surface area contributed by atoms with Gasteiger partial charge in [0.15, 0.2) is 17.4 Å². The first-order valence-electron chi connectivity index (χ1n) is 5.37. The van der Waals surface area contributed by atoms with Crippen molar-refractivity contribution in [2.45, 2.75) is 0 Å². The monoisotopic (exact) mass is 254 g/mol. The van der Waals surface area contributed by atoms with Crippen LogP contribution in [0, 0.1) is 11.6 Å². The Bertz CT molecular complexity index is 486. The lowest BCUT2D eigenvalue weighted by Gasteiger charge is -2.09. The second-order valence-electron chi connectivity index (χ2n) is 3.59. The maximum absolute atomic E-state index is 13.7. The van der Waals surface area contributed by atoms with Gasteiger partial charge in [0.05, 0.1) is 12.9 Å². The van der Waals surface area contributed by atoms with Gasteiger partial charge in [0.2, 0.25) is 0 Å². The fourth-order valence-corrected chi connectivity index (χ4v) is 1.51. The Labute approximate surface area is 103 Å². The van der Waals surface area contributed by atoms with Gasteiger partial charge in [-0.15, -0.1) is 0 Å². The summed E-state index contributed by atoms with van der Waals surface area (Å²) < 4.78 is 42.2. The summed E-state index contributed by atoms with van der Waals surface area (Å²) in [6, 6.07) is 5.61. The van der Waals surface area contributed by atoms with Crippen LogP contribution in [0.4, 0.5) is 8.78 Å². The molecule has 1 heterocycles. The van der Waals surface area contributed by atoms with Crippen LogP contribution in [0.3, 0.4) is 0 Å². The zero-order valence-electron chi connectivity index (χ0n) is 9.78. The van der Waals surface area contributed by atoms with Gasteiger partial charge in [0.25, 0.3) is 0 Å². The van der Waals surface area contributed by atoms with Crippen LogP contribution in [0.25, 0.3) is 11.3 Å². The molecule has 0 aliphatic heterocycles. The zero-order valence-corrected chi connectivity index (χ0v) is 9.78. The van der Waals surface area contributed by atoms with Gasteiger partial charge in [-0.25, -0.2) is 8.78 Å². The Morgan fingerprint density at radius 2 is 1.89 bits per heavy atom. The second kappa shape index (κ2) is 5.64. The smallest absolute Gasteiger partial charge is 0.190 e. The molecule has 96 valence electrons. The molecule has 2 rings (SSSR count). The first kappa shape index (κ1) is 12.6. The minimum absolute atomic E-state index is 0.0877. The SMILES string of the molecule is COCCOc1c(F)cc(-c2ccco2)cc1F. The minimum atomic E-state index is -0.766. The number of methoxy groups -OCH3 is 1. The van der Waals surface area contributed by atoms with E-state index in [1.165, 1.54) is 25.5 Å². The molecule has 0 spiro atoms. The quantitative estimate of drug-likeness (QED) is 0.767. The van der Waals surface area contributed by atoms with Crippen LogP contribution in [0.15, 0.2) is 34.9 Å². The molecule has 0 radical (unpaired) electrons. The van der Waals surface area contributed by atoms with E-state index in [9.17, 15) is 8.78 Å². The fourth-order valence-electron chi connectivity index (χ4n) is 1.51. The van der Waals surface area contributed by atoms with E-state index >= 15 is 0 Å². The molecule has 0 bridgehead atoms. The molecule has 0 N–H and O–H groups in total. The molecule has 0 fully saturated rings. The molecular weight excluding hydrogens is 242 g/mol. The van der Waals surface area contributed by atoms with Gasteiger partial charge in [-0.2, -0.15) is 0 Å². The van der Waals surface area contributed by atoms with Crippen molar-refractivity contribution in [3.05, 3.63) is 42.2 Å². The molecule has 18 heavy (non-hydrogen) atoms. The van der Waals surface area contributed by atoms with E-state index < -0.39 is 17.4 Å². The molecule has 0 saturated heterocycles. The lowest BCUT2D eigenvalue weighted by atomic mass is 10.1. The van der Waals surface area contributed by atoms with Crippen molar-refractivity contribution in [2.75, 3.05) is 20.3 Å². The minimum Gasteiger partial charge on any atom is -0.485 e. The van der Waals surface area contributed by atoms with Gasteiger partial charge in [-0.1, -0.05) is 0 Å². The maximum atomic E-state index is 13.7. The number of ether oxygens (including phenoxy) is 2. The highest BCUT2D eigenvalue weighted by Gasteiger charge is 2.14. The van der Waals surface area contributed by atoms with Crippen LogP contribution >= 0.6 is 0 Å². The third-order valence-corrected chi connectivity index (χ3v) is 2.34. The van der Waals surface area contributed by atoms with Gasteiger partial charge < -0.3 is 13.9 Å². The summed E-state index contributed by atoms with van der Waals surface area (Å²) in [5.41, 5.74) is 0.328. The van der Waals surface area contributed by atoms with Gasteiger partial charge in [-0.05, 0) is 24.3 Å². The second-order valence-corrected chi connectivity index (χ2v) is 3.59. The summed E-state index contributed by atoms with van der Waals surface area (Å²) in [6.45, 7) is 0.350. The number of furan rings is 1. The van der Waals surface area contributed by atoms with E-state index in [1.54, 1.807) is 12.1 Å². The van der Waals surface area contributed by atoms with Crippen LogP contribution in [0.1, 0.15) is 0 Å². The molecule has 2 aromatic rings. The molecular formula is C13H12F2O3. The molecule has 3 nitrogen and oxygen atoms in total. The molecule has 5 heteroatoms. The molecule has 0 atom stereocenters. The van der Waals surface area contributed by atoms with Gasteiger partial charge in [-0.3, -0.25) is 0 Å². The highest BCUT2D eigenvalue weighted by atomic mass is 19.1. The number of benzene rings is 1. The van der Waals surface area contributed by atoms with Crippen molar-refractivity contribution in [1.29, 1.82) is 0 Å². The highest BCUT2D eigenvalue weighted by Crippen LogP contribution is 2.29. The Kier molecular flexibility index (Phi) is 3.94. The van der Waals surface area contributed by atoms with Gasteiger partial charge >= 0.3 is 0 Å². The maximum Gasteiger partial charge on any atom is 0.190 e. The predicted molar refractivity (Wildman–Crippen MR) is 61.4 cm³/mol. The standard InChI is InChI=1S/C13H12F2O3/c1-16-5-6-18-13-10(14)7-9(8-11(13)15)12-3-2-4-17-12/h2-4,7-8H,5-6H2,1H3. The number of halogens is 2.